The minimum Gasteiger partial charge on any atom is -0.480 e. The van der Waals surface area contributed by atoms with Gasteiger partial charge in [-0.05, 0) is 18.8 Å². The topological polar surface area (TPSA) is 60.9 Å². The molecule has 6 heteroatoms. The number of aliphatic carboxylic acids is 1. The van der Waals surface area contributed by atoms with E-state index in [1.54, 1.807) is 16.7 Å². The van der Waals surface area contributed by atoms with Gasteiger partial charge in [0.15, 0.2) is 0 Å². The molecular weight excluding hydrogens is 276 g/mol. The van der Waals surface area contributed by atoms with Crippen LogP contribution in [0, 0.1) is 5.92 Å². The Morgan fingerprint density at radius 1 is 1.25 bits per heavy atom. The second-order valence-electron chi connectivity index (χ2n) is 5.62. The van der Waals surface area contributed by atoms with Gasteiger partial charge < -0.3 is 14.9 Å². The summed E-state index contributed by atoms with van der Waals surface area (Å²) >= 11 is 1.61. The number of piperidine rings is 1. The van der Waals surface area contributed by atoms with E-state index in [1.807, 2.05) is 4.90 Å². The lowest BCUT2D eigenvalue weighted by Gasteiger charge is -2.39. The number of likely N-dealkylation sites (tertiary alicyclic amines) is 1. The maximum atomic E-state index is 12.5. The molecule has 114 valence electrons. The van der Waals surface area contributed by atoms with Gasteiger partial charge in [0.25, 0.3) is 0 Å². The minimum atomic E-state index is -0.883. The van der Waals surface area contributed by atoms with Crippen LogP contribution in [0.25, 0.3) is 0 Å². The Hall–Kier alpha value is -0.910. The van der Waals surface area contributed by atoms with E-state index in [2.05, 4.69) is 6.92 Å². The van der Waals surface area contributed by atoms with E-state index in [1.165, 1.54) is 12.8 Å². The van der Waals surface area contributed by atoms with Crippen LogP contribution in [-0.4, -0.2) is 64.1 Å². The van der Waals surface area contributed by atoms with E-state index >= 15 is 0 Å². The average molecular weight is 300 g/mol. The number of hydrogen-bond donors (Lipinski definition) is 1. The largest absolute Gasteiger partial charge is 0.480 e. The molecule has 0 aromatic heterocycles. The molecule has 0 aromatic rings. The Kier molecular flexibility index (Phi) is 5.57. The van der Waals surface area contributed by atoms with Crippen LogP contribution in [0.4, 0.5) is 4.79 Å². The van der Waals surface area contributed by atoms with Gasteiger partial charge >= 0.3 is 12.0 Å². The van der Waals surface area contributed by atoms with E-state index in [4.69, 9.17) is 0 Å². The summed E-state index contributed by atoms with van der Waals surface area (Å²) in [5.74, 6) is 1.19. The van der Waals surface area contributed by atoms with Gasteiger partial charge in [0.05, 0.1) is 0 Å². The lowest BCUT2D eigenvalue weighted by molar-refractivity contribution is -0.141. The van der Waals surface area contributed by atoms with E-state index in [-0.39, 0.29) is 6.03 Å². The molecule has 2 fully saturated rings. The zero-order valence-corrected chi connectivity index (χ0v) is 12.9. The van der Waals surface area contributed by atoms with Crippen molar-refractivity contribution in [2.24, 2.45) is 5.92 Å². The SMILES string of the molecule is CCCC1CCN(C(=O)N2CCSCC2C(=O)O)CC1. The fourth-order valence-electron chi connectivity index (χ4n) is 3.04. The molecule has 2 saturated heterocycles. The zero-order valence-electron chi connectivity index (χ0n) is 12.1. The molecule has 5 nitrogen and oxygen atoms in total. The molecule has 0 saturated carbocycles. The van der Waals surface area contributed by atoms with Crippen LogP contribution in [0.5, 0.6) is 0 Å². The van der Waals surface area contributed by atoms with Crippen LogP contribution >= 0.6 is 11.8 Å². The van der Waals surface area contributed by atoms with Crippen molar-refractivity contribution in [2.75, 3.05) is 31.1 Å². The number of carbonyl (C=O) groups excluding carboxylic acids is 1. The molecule has 0 aliphatic carbocycles. The normalized spacial score (nSPS) is 24.8. The van der Waals surface area contributed by atoms with Gasteiger partial charge in [-0.3, -0.25) is 0 Å². The number of carboxylic acid groups (broad SMARTS) is 1. The number of urea groups is 1. The fraction of sp³-hybridized carbons (Fsp3) is 0.857. The molecule has 2 amide bonds. The highest BCUT2D eigenvalue weighted by Gasteiger charge is 2.35. The predicted molar refractivity (Wildman–Crippen MR) is 80.1 cm³/mol. The summed E-state index contributed by atoms with van der Waals surface area (Å²) in [7, 11) is 0. The Labute approximate surface area is 124 Å². The second-order valence-corrected chi connectivity index (χ2v) is 6.77. The van der Waals surface area contributed by atoms with Crippen molar-refractivity contribution in [1.29, 1.82) is 0 Å². The Bertz CT molecular complexity index is 356. The summed E-state index contributed by atoms with van der Waals surface area (Å²) < 4.78 is 0. The maximum Gasteiger partial charge on any atom is 0.327 e. The van der Waals surface area contributed by atoms with Crippen molar-refractivity contribution in [1.82, 2.24) is 9.80 Å². The minimum absolute atomic E-state index is 0.0763. The quantitative estimate of drug-likeness (QED) is 0.867. The highest BCUT2D eigenvalue weighted by molar-refractivity contribution is 7.99. The van der Waals surface area contributed by atoms with Crippen molar-refractivity contribution in [3.63, 3.8) is 0 Å². The maximum absolute atomic E-state index is 12.5. The number of hydrogen-bond acceptors (Lipinski definition) is 3. The summed E-state index contributed by atoms with van der Waals surface area (Å²) in [5, 5.41) is 9.24. The van der Waals surface area contributed by atoms with Crippen molar-refractivity contribution < 1.29 is 14.7 Å². The summed E-state index contributed by atoms with van der Waals surface area (Å²) in [6.07, 6.45) is 4.54. The predicted octanol–water partition coefficient (Wildman–Crippen LogP) is 2.12. The number of thioether (sulfide) groups is 1. The monoisotopic (exact) mass is 300 g/mol. The first-order valence-corrected chi connectivity index (χ1v) is 8.65. The first-order valence-electron chi connectivity index (χ1n) is 7.49. The molecule has 1 unspecified atom stereocenters. The third-order valence-electron chi connectivity index (χ3n) is 4.24. The fourth-order valence-corrected chi connectivity index (χ4v) is 4.08. The Morgan fingerprint density at radius 3 is 2.55 bits per heavy atom. The molecule has 2 heterocycles. The van der Waals surface area contributed by atoms with Gasteiger partial charge in [-0.15, -0.1) is 0 Å². The molecule has 2 rings (SSSR count). The van der Waals surface area contributed by atoms with Gasteiger partial charge in [-0.25, -0.2) is 9.59 Å². The molecule has 1 atom stereocenters. The third-order valence-corrected chi connectivity index (χ3v) is 5.26. The van der Waals surface area contributed by atoms with Crippen LogP contribution in [-0.2, 0) is 4.79 Å². The summed E-state index contributed by atoms with van der Waals surface area (Å²) in [6.45, 7) is 4.30. The molecule has 20 heavy (non-hydrogen) atoms. The molecule has 2 aliphatic rings. The summed E-state index contributed by atoms with van der Waals surface area (Å²) in [5.41, 5.74) is 0. The summed E-state index contributed by atoms with van der Waals surface area (Å²) in [4.78, 5) is 27.2. The number of carboxylic acids is 1. The highest BCUT2D eigenvalue weighted by Crippen LogP contribution is 2.24. The van der Waals surface area contributed by atoms with Crippen LogP contribution < -0.4 is 0 Å². The first kappa shape index (κ1) is 15.5. The first-order chi connectivity index (χ1) is 9.63. The van der Waals surface area contributed by atoms with E-state index in [0.717, 1.165) is 37.6 Å². The smallest absolute Gasteiger partial charge is 0.327 e. The van der Waals surface area contributed by atoms with Crippen molar-refractivity contribution in [3.05, 3.63) is 0 Å². The van der Waals surface area contributed by atoms with Crippen molar-refractivity contribution in [3.8, 4) is 0 Å². The Morgan fingerprint density at radius 2 is 1.95 bits per heavy atom. The number of rotatable bonds is 3. The Balaban J connectivity index is 1.92. The second kappa shape index (κ2) is 7.20. The number of carbonyl (C=O) groups is 2. The van der Waals surface area contributed by atoms with Gasteiger partial charge in [-0.1, -0.05) is 19.8 Å². The summed E-state index contributed by atoms with van der Waals surface area (Å²) in [6, 6.07) is -0.734. The van der Waals surface area contributed by atoms with Gasteiger partial charge in [0.2, 0.25) is 0 Å². The molecule has 0 aromatic carbocycles. The van der Waals surface area contributed by atoms with E-state index in [9.17, 15) is 14.7 Å². The van der Waals surface area contributed by atoms with Crippen LogP contribution in [0.1, 0.15) is 32.6 Å². The van der Waals surface area contributed by atoms with Gasteiger partial charge in [0.1, 0.15) is 6.04 Å². The van der Waals surface area contributed by atoms with Gasteiger partial charge in [-0.2, -0.15) is 11.8 Å². The van der Waals surface area contributed by atoms with Crippen LogP contribution in [0.15, 0.2) is 0 Å². The standard InChI is InChI=1S/C14H24N2O3S/c1-2-3-11-4-6-15(7-5-11)14(19)16-8-9-20-10-12(16)13(17)18/h11-12H,2-10H2,1H3,(H,17,18). The lowest BCUT2D eigenvalue weighted by atomic mass is 9.93. The highest BCUT2D eigenvalue weighted by atomic mass is 32.2. The number of nitrogens with zero attached hydrogens (tertiary/aromatic N) is 2. The molecule has 0 radical (unpaired) electrons. The molecule has 0 bridgehead atoms. The lowest BCUT2D eigenvalue weighted by Crippen LogP contribution is -2.56. The van der Waals surface area contributed by atoms with Crippen LogP contribution in [0.2, 0.25) is 0 Å². The molecular formula is C14H24N2O3S. The molecule has 1 N–H and O–H groups in total. The zero-order chi connectivity index (χ0) is 14.5. The average Bonchev–Trinajstić information content (AvgIpc) is 2.47. The molecule has 2 aliphatic heterocycles. The van der Waals surface area contributed by atoms with Crippen molar-refractivity contribution >= 4 is 23.8 Å². The van der Waals surface area contributed by atoms with Crippen molar-refractivity contribution in [2.45, 2.75) is 38.6 Å². The van der Waals surface area contributed by atoms with Crippen LogP contribution in [0.3, 0.4) is 0 Å². The van der Waals surface area contributed by atoms with Gasteiger partial charge in [0, 0.05) is 31.1 Å². The number of amides is 2. The third kappa shape index (κ3) is 3.59. The van der Waals surface area contributed by atoms with E-state index in [0.29, 0.717) is 12.3 Å². The van der Waals surface area contributed by atoms with E-state index < -0.39 is 12.0 Å². The molecule has 0 spiro atoms.